The fourth-order valence-corrected chi connectivity index (χ4v) is 2.76. The first-order chi connectivity index (χ1) is 7.79. The molecule has 1 atom stereocenters. The molecule has 0 aromatic carbocycles. The number of hydrogen-bond acceptors (Lipinski definition) is 3. The van der Waals surface area contributed by atoms with Crippen LogP contribution in [0.3, 0.4) is 0 Å². The maximum absolute atomic E-state index is 5.75. The van der Waals surface area contributed by atoms with Gasteiger partial charge in [0.15, 0.2) is 0 Å². The second-order valence-electron chi connectivity index (χ2n) is 5.48. The molecule has 0 saturated carbocycles. The van der Waals surface area contributed by atoms with Gasteiger partial charge in [0.25, 0.3) is 0 Å². The molecule has 2 aliphatic rings. The topological polar surface area (TPSA) is 24.5 Å². The summed E-state index contributed by atoms with van der Waals surface area (Å²) in [5, 5.41) is 3.54. The number of nitrogens with zero attached hydrogens (tertiary/aromatic N) is 1. The van der Waals surface area contributed by atoms with Crippen molar-refractivity contribution in [1.29, 1.82) is 0 Å². The average Bonchev–Trinajstić information content (AvgIpc) is 2.89. The van der Waals surface area contributed by atoms with Crippen LogP contribution >= 0.6 is 0 Å². The Kier molecular flexibility index (Phi) is 4.62. The van der Waals surface area contributed by atoms with Crippen LogP contribution < -0.4 is 5.32 Å². The van der Waals surface area contributed by atoms with E-state index in [4.69, 9.17) is 4.74 Å². The largest absolute Gasteiger partial charge is 0.374 e. The predicted octanol–water partition coefficient (Wildman–Crippen LogP) is 1.63. The van der Waals surface area contributed by atoms with Crippen molar-refractivity contribution in [3.63, 3.8) is 0 Å². The molecule has 0 amide bonds. The van der Waals surface area contributed by atoms with Crippen LogP contribution in [0.15, 0.2) is 0 Å². The molecule has 0 aromatic rings. The minimum Gasteiger partial charge on any atom is -0.374 e. The van der Waals surface area contributed by atoms with E-state index in [0.717, 1.165) is 19.7 Å². The molecule has 2 fully saturated rings. The lowest BCUT2D eigenvalue weighted by Crippen LogP contribution is -2.38. The molecule has 2 aliphatic heterocycles. The van der Waals surface area contributed by atoms with E-state index in [1.54, 1.807) is 0 Å². The highest BCUT2D eigenvalue weighted by molar-refractivity contribution is 4.82. The molecule has 0 aromatic heterocycles. The van der Waals surface area contributed by atoms with Crippen molar-refractivity contribution in [3.8, 4) is 0 Å². The fourth-order valence-electron chi connectivity index (χ4n) is 2.76. The molecule has 0 bridgehead atoms. The van der Waals surface area contributed by atoms with Crippen LogP contribution in [0.1, 0.15) is 39.0 Å². The molecule has 1 N–H and O–H groups in total. The molecule has 1 unspecified atom stereocenters. The Labute approximate surface area is 99.5 Å². The minimum absolute atomic E-state index is 0.119. The molecule has 0 aliphatic carbocycles. The summed E-state index contributed by atoms with van der Waals surface area (Å²) in [6.45, 7) is 9.24. The number of likely N-dealkylation sites (tertiary alicyclic amines) is 1. The number of rotatable bonds is 6. The van der Waals surface area contributed by atoms with Gasteiger partial charge in [-0.3, -0.25) is 0 Å². The van der Waals surface area contributed by atoms with Gasteiger partial charge in [-0.05, 0) is 65.2 Å². The molecular weight excluding hydrogens is 200 g/mol. The standard InChI is InChI=1S/C13H26N2O/c1-13(6-4-11-16-13)12-14-7-5-10-15-8-2-3-9-15/h14H,2-12H2,1H3. The monoisotopic (exact) mass is 226 g/mol. The van der Waals surface area contributed by atoms with E-state index < -0.39 is 0 Å². The lowest BCUT2D eigenvalue weighted by Gasteiger charge is -2.23. The quantitative estimate of drug-likeness (QED) is 0.697. The Balaban J connectivity index is 1.48. The van der Waals surface area contributed by atoms with Gasteiger partial charge in [-0.15, -0.1) is 0 Å². The highest BCUT2D eigenvalue weighted by Crippen LogP contribution is 2.23. The number of ether oxygens (including phenoxy) is 1. The van der Waals surface area contributed by atoms with Gasteiger partial charge in [0.05, 0.1) is 5.60 Å². The van der Waals surface area contributed by atoms with Gasteiger partial charge in [0.2, 0.25) is 0 Å². The summed E-state index contributed by atoms with van der Waals surface area (Å²) in [6, 6.07) is 0. The van der Waals surface area contributed by atoms with Crippen LogP contribution in [-0.4, -0.2) is 49.8 Å². The van der Waals surface area contributed by atoms with Crippen molar-refractivity contribution < 1.29 is 4.74 Å². The maximum Gasteiger partial charge on any atom is 0.0779 e. The van der Waals surface area contributed by atoms with Gasteiger partial charge in [-0.2, -0.15) is 0 Å². The summed E-state index contributed by atoms with van der Waals surface area (Å²) in [5.74, 6) is 0. The maximum atomic E-state index is 5.75. The second-order valence-corrected chi connectivity index (χ2v) is 5.48. The van der Waals surface area contributed by atoms with Crippen molar-refractivity contribution in [3.05, 3.63) is 0 Å². The first kappa shape index (κ1) is 12.3. The molecule has 3 heteroatoms. The highest BCUT2D eigenvalue weighted by atomic mass is 16.5. The van der Waals surface area contributed by atoms with Crippen molar-refractivity contribution in [2.75, 3.05) is 39.3 Å². The smallest absolute Gasteiger partial charge is 0.0779 e. The van der Waals surface area contributed by atoms with E-state index in [1.165, 1.54) is 51.7 Å². The van der Waals surface area contributed by atoms with Crippen LogP contribution in [0.5, 0.6) is 0 Å². The Hall–Kier alpha value is -0.120. The first-order valence-electron chi connectivity index (χ1n) is 6.86. The van der Waals surface area contributed by atoms with Crippen LogP contribution in [0, 0.1) is 0 Å². The SMILES string of the molecule is CC1(CNCCCN2CCCC2)CCCO1. The molecule has 0 spiro atoms. The molecule has 0 radical (unpaired) electrons. The van der Waals surface area contributed by atoms with E-state index in [2.05, 4.69) is 17.1 Å². The van der Waals surface area contributed by atoms with Gasteiger partial charge in [0, 0.05) is 13.2 Å². The van der Waals surface area contributed by atoms with E-state index >= 15 is 0 Å². The second kappa shape index (κ2) is 5.99. The Morgan fingerprint density at radius 3 is 2.75 bits per heavy atom. The van der Waals surface area contributed by atoms with Gasteiger partial charge in [-0.25, -0.2) is 0 Å². The molecule has 2 heterocycles. The van der Waals surface area contributed by atoms with E-state index in [9.17, 15) is 0 Å². The predicted molar refractivity (Wildman–Crippen MR) is 66.8 cm³/mol. The van der Waals surface area contributed by atoms with Gasteiger partial charge < -0.3 is 15.0 Å². The number of nitrogens with one attached hydrogen (secondary N) is 1. The highest BCUT2D eigenvalue weighted by Gasteiger charge is 2.28. The third-order valence-corrected chi connectivity index (χ3v) is 3.83. The summed E-state index contributed by atoms with van der Waals surface area (Å²) in [7, 11) is 0. The molecule has 2 rings (SSSR count). The summed E-state index contributed by atoms with van der Waals surface area (Å²) in [5.41, 5.74) is 0.119. The summed E-state index contributed by atoms with van der Waals surface area (Å²) >= 11 is 0. The molecule has 16 heavy (non-hydrogen) atoms. The lowest BCUT2D eigenvalue weighted by atomic mass is 10.0. The van der Waals surface area contributed by atoms with Crippen LogP contribution in [0.4, 0.5) is 0 Å². The normalized spacial score (nSPS) is 31.3. The van der Waals surface area contributed by atoms with Crippen molar-refractivity contribution in [2.45, 2.75) is 44.6 Å². The molecule has 94 valence electrons. The van der Waals surface area contributed by atoms with Gasteiger partial charge in [0.1, 0.15) is 0 Å². The van der Waals surface area contributed by atoms with Gasteiger partial charge in [-0.1, -0.05) is 0 Å². The lowest BCUT2D eigenvalue weighted by molar-refractivity contribution is 0.0209. The van der Waals surface area contributed by atoms with E-state index in [1.807, 2.05) is 0 Å². The van der Waals surface area contributed by atoms with Crippen LogP contribution in [0.25, 0.3) is 0 Å². The van der Waals surface area contributed by atoms with Crippen LogP contribution in [-0.2, 0) is 4.74 Å². The fraction of sp³-hybridized carbons (Fsp3) is 1.00. The summed E-state index contributed by atoms with van der Waals surface area (Å²) in [6.07, 6.45) is 6.52. The Morgan fingerprint density at radius 1 is 1.25 bits per heavy atom. The van der Waals surface area contributed by atoms with Crippen LogP contribution in [0.2, 0.25) is 0 Å². The summed E-state index contributed by atoms with van der Waals surface area (Å²) < 4.78 is 5.75. The zero-order chi connectivity index (χ0) is 11.3. The number of hydrogen-bond donors (Lipinski definition) is 1. The third-order valence-electron chi connectivity index (χ3n) is 3.83. The van der Waals surface area contributed by atoms with E-state index in [0.29, 0.717) is 0 Å². The Morgan fingerprint density at radius 2 is 2.06 bits per heavy atom. The zero-order valence-corrected chi connectivity index (χ0v) is 10.6. The average molecular weight is 226 g/mol. The zero-order valence-electron chi connectivity index (χ0n) is 10.6. The first-order valence-corrected chi connectivity index (χ1v) is 6.86. The Bertz CT molecular complexity index is 196. The third kappa shape index (κ3) is 3.72. The summed E-state index contributed by atoms with van der Waals surface area (Å²) in [4.78, 5) is 2.58. The molecule has 3 nitrogen and oxygen atoms in total. The van der Waals surface area contributed by atoms with Crippen molar-refractivity contribution in [2.24, 2.45) is 0 Å². The minimum atomic E-state index is 0.119. The van der Waals surface area contributed by atoms with E-state index in [-0.39, 0.29) is 5.60 Å². The van der Waals surface area contributed by atoms with Crippen molar-refractivity contribution >= 4 is 0 Å². The van der Waals surface area contributed by atoms with Crippen molar-refractivity contribution in [1.82, 2.24) is 10.2 Å². The van der Waals surface area contributed by atoms with Gasteiger partial charge >= 0.3 is 0 Å². The molecular formula is C13H26N2O. The molecule has 2 saturated heterocycles.